The molecule has 1 radical (unpaired) electrons. The van der Waals surface area contributed by atoms with E-state index in [4.69, 9.17) is 20.8 Å². The van der Waals surface area contributed by atoms with Gasteiger partial charge in [0.1, 0.15) is 5.75 Å². The minimum Gasteiger partial charge on any atom is -0.537 e. The Morgan fingerprint density at radius 3 is 1.37 bits per heavy atom. The molecule has 16 rings (SSSR count). The molecule has 92 heavy (non-hydrogen) atoms. The van der Waals surface area contributed by atoms with Crippen molar-refractivity contribution in [1.29, 1.82) is 15.8 Å². The predicted octanol–water partition coefficient (Wildman–Crippen LogP) is 21.7. The molecule has 443 valence electrons. The van der Waals surface area contributed by atoms with E-state index in [2.05, 4.69) is 261 Å². The van der Waals surface area contributed by atoms with E-state index >= 15 is 0 Å². The molecule has 0 bridgehead atoms. The lowest BCUT2D eigenvalue weighted by atomic mass is 9.81. The highest BCUT2D eigenvalue weighted by molar-refractivity contribution is 14.1. The average molecular weight is 1430 g/mol. The Bertz CT molecular complexity index is 4980. The molecule has 0 aliphatic heterocycles. The lowest BCUT2D eigenvalue weighted by molar-refractivity contribution is 0.454. The van der Waals surface area contributed by atoms with Gasteiger partial charge in [-0.05, 0) is 239 Å². The van der Waals surface area contributed by atoms with Gasteiger partial charge in [0.05, 0.1) is 45.9 Å². The molecule has 10 heteroatoms. The van der Waals surface area contributed by atoms with Crippen LogP contribution in [-0.4, -0.2) is 17.3 Å². The minimum absolute atomic E-state index is 0.0408. The molecular formula is C82H59BBr2IN4O2. The zero-order valence-electron chi connectivity index (χ0n) is 51.0. The van der Waals surface area contributed by atoms with Gasteiger partial charge < -0.3 is 14.2 Å². The molecule has 6 nitrogen and oxygen atoms in total. The first-order valence-electron chi connectivity index (χ1n) is 30.1. The van der Waals surface area contributed by atoms with Gasteiger partial charge in [-0.3, -0.25) is 0 Å². The number of benzene rings is 12. The number of aromatic nitrogens is 1. The maximum Gasteiger partial charge on any atom is 0.569 e. The highest BCUT2D eigenvalue weighted by Crippen LogP contribution is 2.53. The summed E-state index contributed by atoms with van der Waals surface area (Å²) in [6, 6.07) is 98.0. The Labute approximate surface area is 569 Å². The summed E-state index contributed by atoms with van der Waals surface area (Å²) in [5.41, 5.74) is 27.2. The summed E-state index contributed by atoms with van der Waals surface area (Å²) in [5, 5.41) is 37.0. The highest BCUT2D eigenvalue weighted by Gasteiger charge is 2.38. The normalized spacial score (nSPS) is 12.4. The van der Waals surface area contributed by atoms with Gasteiger partial charge in [-0.15, -0.1) is 0 Å². The van der Waals surface area contributed by atoms with Crippen LogP contribution in [0.2, 0.25) is 0 Å². The molecule has 0 amide bonds. The third kappa shape index (κ3) is 12.8. The Morgan fingerprint density at radius 1 is 0.413 bits per heavy atom. The van der Waals surface area contributed by atoms with E-state index in [9.17, 15) is 0 Å². The number of hydrogen-bond donors (Lipinski definition) is 1. The van der Waals surface area contributed by atoms with E-state index < -0.39 is 0 Å². The molecule has 12 aromatic carbocycles. The van der Waals surface area contributed by atoms with Gasteiger partial charge in [0.2, 0.25) is 0 Å². The van der Waals surface area contributed by atoms with Crippen molar-refractivity contribution in [2.75, 3.05) is 0 Å². The predicted molar refractivity (Wildman–Crippen MR) is 392 cm³/mol. The summed E-state index contributed by atoms with van der Waals surface area (Å²) >= 11 is 9.02. The Hall–Kier alpha value is -9.58. The summed E-state index contributed by atoms with van der Waals surface area (Å²) in [4.78, 5) is 0. The van der Waals surface area contributed by atoms with Gasteiger partial charge in [-0.2, -0.15) is 15.8 Å². The lowest BCUT2D eigenvalue weighted by Crippen LogP contribution is -2.15. The Morgan fingerprint density at radius 2 is 0.848 bits per heavy atom. The van der Waals surface area contributed by atoms with Gasteiger partial charge in [0.15, 0.2) is 0 Å². The van der Waals surface area contributed by atoms with Crippen molar-refractivity contribution in [3.63, 3.8) is 0 Å². The fourth-order valence-electron chi connectivity index (χ4n) is 12.8. The van der Waals surface area contributed by atoms with Crippen molar-refractivity contribution in [3.05, 3.63) is 330 Å². The molecule has 13 aromatic rings. The van der Waals surface area contributed by atoms with Crippen LogP contribution in [0.25, 0.3) is 83.1 Å². The molecule has 0 atom stereocenters. The molecule has 1 aromatic heterocycles. The summed E-state index contributed by atoms with van der Waals surface area (Å²) in [7, 11) is 0.599. The van der Waals surface area contributed by atoms with Crippen LogP contribution in [0, 0.1) is 37.6 Å². The van der Waals surface area contributed by atoms with E-state index in [-0.39, 0.29) is 10.8 Å². The number of nitrogens with zero attached hydrogens (tertiary/aromatic N) is 4. The maximum atomic E-state index is 9.10. The number of hydrogen-bond acceptors (Lipinski definition) is 5. The highest BCUT2D eigenvalue weighted by atomic mass is 127. The van der Waals surface area contributed by atoms with Crippen LogP contribution >= 0.6 is 54.5 Å². The van der Waals surface area contributed by atoms with E-state index in [0.717, 1.165) is 43.3 Å². The summed E-state index contributed by atoms with van der Waals surface area (Å²) < 4.78 is 10.5. The molecule has 3 aliphatic carbocycles. The van der Waals surface area contributed by atoms with E-state index in [1.54, 1.807) is 24.3 Å². The SMILES string of the molecule is Brc1ccc(I)cc1.CC1(C)c2ccccc2-c2cc3c(cc21)Cc1ccccc1-3.CC1(C)c2ccccc2-c2cc3c4ccccc4n(-c4ccc(-c5ccc(C#N)cc5)cc4)c3cc21.N#Cc1ccc(-c2ccc(Br)cc2)cc1.N#Cc1ccc(O[B]O)cc1. The number of nitriles is 3. The lowest BCUT2D eigenvalue weighted by Gasteiger charge is -2.22. The zero-order valence-corrected chi connectivity index (χ0v) is 56.3. The number of rotatable bonds is 5. The molecule has 0 spiro atoms. The van der Waals surface area contributed by atoms with Crippen LogP contribution in [0.5, 0.6) is 5.75 Å². The Balaban J connectivity index is 0.000000124. The van der Waals surface area contributed by atoms with Crippen molar-refractivity contribution in [2.45, 2.75) is 44.9 Å². The largest absolute Gasteiger partial charge is 0.569 e. The molecule has 1 N–H and O–H groups in total. The van der Waals surface area contributed by atoms with Gasteiger partial charge in [-0.1, -0.05) is 205 Å². The first kappa shape index (κ1) is 62.6. The smallest absolute Gasteiger partial charge is 0.537 e. The van der Waals surface area contributed by atoms with Crippen LogP contribution in [0.3, 0.4) is 0 Å². The fourth-order valence-corrected chi connectivity index (χ4v) is 13.7. The molecular weight excluding hydrogens is 1370 g/mol. The van der Waals surface area contributed by atoms with Crippen molar-refractivity contribution in [2.24, 2.45) is 0 Å². The van der Waals surface area contributed by atoms with E-state index in [1.165, 1.54) is 92.1 Å². The quantitative estimate of drug-likeness (QED) is 0.136. The third-order valence-corrected chi connectivity index (χ3v) is 19.3. The second-order valence-electron chi connectivity index (χ2n) is 23.7. The van der Waals surface area contributed by atoms with Crippen molar-refractivity contribution < 1.29 is 9.68 Å². The first-order valence-corrected chi connectivity index (χ1v) is 32.8. The van der Waals surface area contributed by atoms with E-state index in [1.807, 2.05) is 91.0 Å². The van der Waals surface area contributed by atoms with E-state index in [0.29, 0.717) is 30.1 Å². The first-order chi connectivity index (χ1) is 44.7. The monoisotopic (exact) mass is 1430 g/mol. The molecule has 0 fully saturated rings. The standard InChI is InChI=1S/C34H24N2.C22H18.C13H8BrN.C7H5BNO2.C6H4BrI/c1-34(2)30-9-5-3-7-26(30)28-19-29-27-8-4-6-10-32(27)36(33(29)20-31(28)34)25-17-15-24(16-18-25)23-13-11-22(21-35)12-14-23;1-22(2)20-10-6-5-9-17(20)19-13-18-15(12-21(19)22)11-14-7-3-4-8-16(14)18;14-13-7-5-12(6-8-13)11-3-1-10(9-15)2-4-11;9-5-6-1-3-7(4-2-6)11-8-10;7-5-1-3-6(8)4-2-5/h3-20H,1-2H3;3-10,12-13H,11H2,1-2H3;1-8H;1-4,10H;1-4H. The molecule has 0 saturated heterocycles. The topological polar surface area (TPSA) is 106 Å². The average Bonchev–Trinajstić information content (AvgIpc) is 1.56. The molecule has 0 unspecified atom stereocenters. The van der Waals surface area contributed by atoms with Gasteiger partial charge in [0.25, 0.3) is 0 Å². The summed E-state index contributed by atoms with van der Waals surface area (Å²) in [6.07, 6.45) is 1.07. The number of halogens is 3. The maximum absolute atomic E-state index is 9.10. The second-order valence-corrected chi connectivity index (χ2v) is 26.8. The van der Waals surface area contributed by atoms with Gasteiger partial charge in [0, 0.05) is 39.8 Å². The van der Waals surface area contributed by atoms with Crippen LogP contribution in [0.1, 0.15) is 77.8 Å². The summed E-state index contributed by atoms with van der Waals surface area (Å²) in [5.74, 6) is 0.506. The molecule has 0 saturated carbocycles. The van der Waals surface area contributed by atoms with Crippen LogP contribution in [0.4, 0.5) is 0 Å². The van der Waals surface area contributed by atoms with Crippen LogP contribution < -0.4 is 4.65 Å². The number of para-hydroxylation sites is 1. The van der Waals surface area contributed by atoms with Crippen molar-refractivity contribution in [1.82, 2.24) is 4.57 Å². The second kappa shape index (κ2) is 27.1. The third-order valence-electron chi connectivity index (χ3n) is 17.5. The Kier molecular flexibility index (Phi) is 18.4. The molecule has 1 heterocycles. The minimum atomic E-state index is -0.0408. The van der Waals surface area contributed by atoms with Crippen molar-refractivity contribution in [3.8, 4) is 85.3 Å². The van der Waals surface area contributed by atoms with Crippen LogP contribution in [0.15, 0.2) is 276 Å². The number of fused-ring (bicyclic) bond motifs is 12. The fraction of sp³-hybridized carbons (Fsp3) is 0.0854. The molecule has 3 aliphatic rings. The zero-order chi connectivity index (χ0) is 64.1. The van der Waals surface area contributed by atoms with Gasteiger partial charge >= 0.3 is 7.69 Å². The van der Waals surface area contributed by atoms with Crippen molar-refractivity contribution >= 4 is 83.9 Å². The summed E-state index contributed by atoms with van der Waals surface area (Å²) in [6.45, 7) is 9.38. The van der Waals surface area contributed by atoms with Gasteiger partial charge in [-0.25, -0.2) is 0 Å². The van der Waals surface area contributed by atoms with Crippen LogP contribution in [-0.2, 0) is 17.3 Å².